The maximum Gasteiger partial charge on any atom is 0.255 e. The lowest BCUT2D eigenvalue weighted by Crippen LogP contribution is -2.52. The number of hydrogen-bond donors (Lipinski definition) is 1. The first-order chi connectivity index (χ1) is 12.6. The molecular formula is C18H13N5O3. The first kappa shape index (κ1) is 15.9. The number of imide groups is 1. The second-order valence-corrected chi connectivity index (χ2v) is 6.19. The molecule has 1 aromatic carbocycles. The van der Waals surface area contributed by atoms with Crippen LogP contribution >= 0.6 is 0 Å². The van der Waals surface area contributed by atoms with E-state index in [-0.39, 0.29) is 23.9 Å². The molecule has 8 heteroatoms. The van der Waals surface area contributed by atoms with Crippen LogP contribution in [-0.2, 0) is 16.1 Å². The fourth-order valence-corrected chi connectivity index (χ4v) is 3.28. The summed E-state index contributed by atoms with van der Waals surface area (Å²) in [6, 6.07) is 9.87. The van der Waals surface area contributed by atoms with Crippen molar-refractivity contribution in [1.82, 2.24) is 20.4 Å². The molecule has 3 amide bonds. The predicted molar refractivity (Wildman–Crippen MR) is 88.2 cm³/mol. The zero-order valence-electron chi connectivity index (χ0n) is 13.6. The highest BCUT2D eigenvalue weighted by atomic mass is 16.2. The van der Waals surface area contributed by atoms with E-state index >= 15 is 0 Å². The molecule has 0 radical (unpaired) electrons. The Labute approximate surface area is 148 Å². The summed E-state index contributed by atoms with van der Waals surface area (Å²) in [5.74, 6) is -0.954. The van der Waals surface area contributed by atoms with E-state index in [2.05, 4.69) is 15.5 Å². The molecule has 1 N–H and O–H groups in total. The van der Waals surface area contributed by atoms with Gasteiger partial charge >= 0.3 is 0 Å². The average Bonchev–Trinajstić information content (AvgIpc) is 2.98. The van der Waals surface area contributed by atoms with Crippen LogP contribution in [0.1, 0.15) is 34.5 Å². The van der Waals surface area contributed by atoms with Crippen molar-refractivity contribution < 1.29 is 14.4 Å². The number of piperidine rings is 1. The molecule has 2 aromatic rings. The highest BCUT2D eigenvalue weighted by molar-refractivity contribution is 6.05. The van der Waals surface area contributed by atoms with Crippen LogP contribution in [0.5, 0.6) is 0 Å². The Morgan fingerprint density at radius 3 is 2.69 bits per heavy atom. The molecule has 1 aromatic heterocycles. The smallest absolute Gasteiger partial charge is 0.255 e. The molecule has 3 heterocycles. The van der Waals surface area contributed by atoms with Crippen molar-refractivity contribution in [2.24, 2.45) is 0 Å². The lowest BCUT2D eigenvalue weighted by molar-refractivity contribution is -0.136. The van der Waals surface area contributed by atoms with Crippen LogP contribution in [0.15, 0.2) is 30.3 Å². The molecular weight excluding hydrogens is 334 g/mol. The minimum Gasteiger partial charge on any atom is -0.322 e. The lowest BCUT2D eigenvalue weighted by atomic mass is 10.0. The van der Waals surface area contributed by atoms with Crippen molar-refractivity contribution in [2.45, 2.75) is 25.4 Å². The van der Waals surface area contributed by atoms with Crippen molar-refractivity contribution in [3.8, 4) is 17.3 Å². The zero-order chi connectivity index (χ0) is 18.3. The van der Waals surface area contributed by atoms with Gasteiger partial charge in [0.25, 0.3) is 5.91 Å². The summed E-state index contributed by atoms with van der Waals surface area (Å²) < 4.78 is 0. The van der Waals surface area contributed by atoms with Crippen LogP contribution in [0, 0.1) is 11.3 Å². The molecule has 26 heavy (non-hydrogen) atoms. The molecule has 8 nitrogen and oxygen atoms in total. The van der Waals surface area contributed by atoms with E-state index in [0.717, 1.165) is 11.1 Å². The molecule has 2 aliphatic rings. The molecule has 0 bridgehead atoms. The van der Waals surface area contributed by atoms with Crippen molar-refractivity contribution >= 4 is 17.7 Å². The largest absolute Gasteiger partial charge is 0.322 e. The van der Waals surface area contributed by atoms with Gasteiger partial charge in [-0.25, -0.2) is 0 Å². The lowest BCUT2D eigenvalue weighted by Gasteiger charge is -2.29. The molecule has 0 saturated carbocycles. The highest BCUT2D eigenvalue weighted by Gasteiger charge is 2.39. The van der Waals surface area contributed by atoms with Gasteiger partial charge in [-0.05, 0) is 36.2 Å². The SMILES string of the molecule is N#Cc1ccc(-c2ccc3c(c2)CN(C2CCC(=O)NC2=O)C3=O)nn1. The van der Waals surface area contributed by atoms with Gasteiger partial charge in [-0.1, -0.05) is 6.07 Å². The Bertz CT molecular complexity index is 977. The van der Waals surface area contributed by atoms with E-state index in [4.69, 9.17) is 5.26 Å². The average molecular weight is 347 g/mol. The van der Waals surface area contributed by atoms with Gasteiger partial charge in [-0.2, -0.15) is 5.26 Å². The number of rotatable bonds is 2. The van der Waals surface area contributed by atoms with Gasteiger partial charge < -0.3 is 4.90 Å². The van der Waals surface area contributed by atoms with Gasteiger partial charge in [-0.3, -0.25) is 19.7 Å². The monoisotopic (exact) mass is 347 g/mol. The summed E-state index contributed by atoms with van der Waals surface area (Å²) in [6.07, 6.45) is 0.557. The Morgan fingerprint density at radius 2 is 2.00 bits per heavy atom. The Morgan fingerprint density at radius 1 is 1.15 bits per heavy atom. The number of nitriles is 1. The summed E-state index contributed by atoms with van der Waals surface area (Å²) >= 11 is 0. The van der Waals surface area contributed by atoms with Gasteiger partial charge in [-0.15, -0.1) is 10.2 Å². The van der Waals surface area contributed by atoms with Crippen molar-refractivity contribution in [1.29, 1.82) is 5.26 Å². The second-order valence-electron chi connectivity index (χ2n) is 6.19. The van der Waals surface area contributed by atoms with Crippen LogP contribution in [-0.4, -0.2) is 38.9 Å². The molecule has 1 unspecified atom stereocenters. The van der Waals surface area contributed by atoms with Gasteiger partial charge in [0.2, 0.25) is 11.8 Å². The number of hydrogen-bond acceptors (Lipinski definition) is 6. The third kappa shape index (κ3) is 2.59. The Kier molecular flexibility index (Phi) is 3.69. The van der Waals surface area contributed by atoms with Crippen LogP contribution in [0.2, 0.25) is 0 Å². The summed E-state index contributed by atoms with van der Waals surface area (Å²) in [5, 5.41) is 18.9. The van der Waals surface area contributed by atoms with Gasteiger partial charge in [0.1, 0.15) is 12.1 Å². The predicted octanol–water partition coefficient (Wildman–Crippen LogP) is 0.776. The zero-order valence-corrected chi connectivity index (χ0v) is 13.6. The second kappa shape index (κ2) is 6.04. The molecule has 0 aliphatic carbocycles. The minimum absolute atomic E-state index is 0.216. The normalized spacial score (nSPS) is 19.1. The molecule has 2 aliphatic heterocycles. The molecule has 0 spiro atoms. The van der Waals surface area contributed by atoms with E-state index in [9.17, 15) is 14.4 Å². The van der Waals surface area contributed by atoms with E-state index < -0.39 is 11.9 Å². The summed E-state index contributed by atoms with van der Waals surface area (Å²) in [6.45, 7) is 0.304. The highest BCUT2D eigenvalue weighted by Crippen LogP contribution is 2.30. The van der Waals surface area contributed by atoms with E-state index in [0.29, 0.717) is 24.2 Å². The third-order valence-corrected chi connectivity index (χ3v) is 4.60. The minimum atomic E-state index is -0.634. The van der Waals surface area contributed by atoms with Crippen LogP contribution in [0.3, 0.4) is 0 Å². The van der Waals surface area contributed by atoms with Crippen LogP contribution in [0.4, 0.5) is 0 Å². The topological polar surface area (TPSA) is 116 Å². The number of nitrogens with one attached hydrogen (secondary N) is 1. The summed E-state index contributed by atoms with van der Waals surface area (Å²) in [5.41, 5.74) is 2.94. The van der Waals surface area contributed by atoms with Crippen molar-refractivity contribution in [3.05, 3.63) is 47.2 Å². The summed E-state index contributed by atoms with van der Waals surface area (Å²) in [7, 11) is 0. The number of aromatic nitrogens is 2. The fraction of sp³-hybridized carbons (Fsp3) is 0.222. The molecule has 4 rings (SSSR count). The fourth-order valence-electron chi connectivity index (χ4n) is 3.28. The van der Waals surface area contributed by atoms with E-state index in [1.165, 1.54) is 4.90 Å². The molecule has 1 fully saturated rings. The number of fused-ring (bicyclic) bond motifs is 1. The van der Waals surface area contributed by atoms with E-state index in [1.54, 1.807) is 24.3 Å². The number of nitrogens with zero attached hydrogens (tertiary/aromatic N) is 4. The van der Waals surface area contributed by atoms with Gasteiger partial charge in [0, 0.05) is 24.1 Å². The van der Waals surface area contributed by atoms with Gasteiger partial charge in [0.15, 0.2) is 5.69 Å². The first-order valence-electron chi connectivity index (χ1n) is 8.08. The number of amides is 3. The van der Waals surface area contributed by atoms with E-state index in [1.807, 2.05) is 12.1 Å². The molecule has 1 saturated heterocycles. The summed E-state index contributed by atoms with van der Waals surface area (Å²) in [4.78, 5) is 37.5. The van der Waals surface area contributed by atoms with Crippen molar-refractivity contribution in [2.75, 3.05) is 0 Å². The number of carbonyl (C=O) groups is 3. The van der Waals surface area contributed by atoms with Crippen molar-refractivity contribution in [3.63, 3.8) is 0 Å². The third-order valence-electron chi connectivity index (χ3n) is 4.60. The van der Waals surface area contributed by atoms with Crippen LogP contribution < -0.4 is 5.32 Å². The Balaban J connectivity index is 1.61. The maximum absolute atomic E-state index is 12.7. The maximum atomic E-state index is 12.7. The van der Waals surface area contributed by atoms with Gasteiger partial charge in [0.05, 0.1) is 5.69 Å². The number of benzene rings is 1. The first-order valence-corrected chi connectivity index (χ1v) is 8.08. The Hall–Kier alpha value is -3.60. The molecule has 128 valence electrons. The molecule has 1 atom stereocenters. The standard InChI is InChI=1S/C18H13N5O3/c19-8-12-2-4-14(22-21-12)10-1-3-13-11(7-10)9-23(18(13)26)15-5-6-16(24)20-17(15)25/h1-4,7,15H,5-6,9H2,(H,20,24,25). The quantitative estimate of drug-likeness (QED) is 0.803. The number of carbonyl (C=O) groups excluding carboxylic acids is 3. The van der Waals surface area contributed by atoms with Crippen LogP contribution in [0.25, 0.3) is 11.3 Å².